The van der Waals surface area contributed by atoms with Crippen molar-refractivity contribution >= 4 is 16.7 Å². The molecule has 1 aliphatic heterocycles. The summed E-state index contributed by atoms with van der Waals surface area (Å²) in [6, 6.07) is 21.7. The van der Waals surface area contributed by atoms with Crippen LogP contribution in [0.1, 0.15) is 22.3 Å². The van der Waals surface area contributed by atoms with Gasteiger partial charge in [0.15, 0.2) is 0 Å². The highest BCUT2D eigenvalue weighted by Crippen LogP contribution is 2.26. The molecule has 3 aromatic rings. The maximum atomic E-state index is 13.0. The van der Waals surface area contributed by atoms with Gasteiger partial charge in [0.05, 0.1) is 5.56 Å². The van der Waals surface area contributed by atoms with Crippen molar-refractivity contribution in [2.45, 2.75) is 13.0 Å². The van der Waals surface area contributed by atoms with E-state index in [0.29, 0.717) is 12.1 Å². The van der Waals surface area contributed by atoms with Gasteiger partial charge in [0.25, 0.3) is 5.91 Å². The van der Waals surface area contributed by atoms with Crippen LogP contribution in [0.2, 0.25) is 0 Å². The Kier molecular flexibility index (Phi) is 5.07. The van der Waals surface area contributed by atoms with Gasteiger partial charge in [-0.2, -0.15) is 0 Å². The maximum Gasteiger partial charge on any atom is 0.257 e. The predicted molar refractivity (Wildman–Crippen MR) is 108 cm³/mol. The highest BCUT2D eigenvalue weighted by atomic mass is 16.3. The van der Waals surface area contributed by atoms with Gasteiger partial charge < -0.3 is 10.0 Å². The van der Waals surface area contributed by atoms with Gasteiger partial charge in [-0.05, 0) is 34.9 Å². The molecule has 138 valence electrons. The molecule has 0 unspecified atom stereocenters. The molecule has 1 aliphatic rings. The minimum absolute atomic E-state index is 0.0593. The Morgan fingerprint density at radius 3 is 2.33 bits per heavy atom. The van der Waals surface area contributed by atoms with Gasteiger partial charge in [-0.1, -0.05) is 54.6 Å². The van der Waals surface area contributed by atoms with Gasteiger partial charge in [-0.25, -0.2) is 0 Å². The van der Waals surface area contributed by atoms with E-state index in [2.05, 4.69) is 29.2 Å². The summed E-state index contributed by atoms with van der Waals surface area (Å²) >= 11 is 0. The first-order chi connectivity index (χ1) is 13.2. The van der Waals surface area contributed by atoms with E-state index in [1.165, 1.54) is 5.56 Å². The fourth-order valence-electron chi connectivity index (χ4n) is 3.74. The molecule has 27 heavy (non-hydrogen) atoms. The van der Waals surface area contributed by atoms with E-state index < -0.39 is 0 Å². The van der Waals surface area contributed by atoms with E-state index >= 15 is 0 Å². The molecule has 0 bridgehead atoms. The zero-order valence-electron chi connectivity index (χ0n) is 15.3. The molecular formula is C23H24N2O2. The van der Waals surface area contributed by atoms with Gasteiger partial charge in [-0.15, -0.1) is 0 Å². The second kappa shape index (κ2) is 7.80. The standard InChI is InChI=1S/C23H24N2O2/c26-22-16-20-10-5-4-9-19(20)15-21(22)23(27)25-12-6-11-24(13-14-25)17-18-7-2-1-3-8-18/h1-5,7-10,15-16,26H,6,11-14,17H2. The van der Waals surface area contributed by atoms with E-state index in [9.17, 15) is 9.90 Å². The van der Waals surface area contributed by atoms with Gasteiger partial charge in [0.2, 0.25) is 0 Å². The number of amides is 1. The first-order valence-corrected chi connectivity index (χ1v) is 9.48. The van der Waals surface area contributed by atoms with Crippen LogP contribution >= 0.6 is 0 Å². The molecule has 0 atom stereocenters. The summed E-state index contributed by atoms with van der Waals surface area (Å²) in [5.74, 6) is -0.0242. The molecule has 0 radical (unpaired) electrons. The topological polar surface area (TPSA) is 43.8 Å². The van der Waals surface area contributed by atoms with Crippen molar-refractivity contribution in [3.05, 3.63) is 77.9 Å². The third kappa shape index (κ3) is 3.96. The first-order valence-electron chi connectivity index (χ1n) is 9.48. The minimum Gasteiger partial charge on any atom is -0.507 e. The molecule has 3 aromatic carbocycles. The predicted octanol–water partition coefficient (Wildman–Crippen LogP) is 3.89. The molecule has 1 fully saturated rings. The minimum atomic E-state index is -0.0835. The average molecular weight is 360 g/mol. The van der Waals surface area contributed by atoms with Crippen molar-refractivity contribution in [2.75, 3.05) is 26.2 Å². The molecular weight excluding hydrogens is 336 g/mol. The van der Waals surface area contributed by atoms with E-state index in [-0.39, 0.29) is 11.7 Å². The number of phenolic OH excluding ortho intramolecular Hbond substituents is 1. The monoisotopic (exact) mass is 360 g/mol. The molecule has 0 aromatic heterocycles. The van der Waals surface area contributed by atoms with Gasteiger partial charge >= 0.3 is 0 Å². The van der Waals surface area contributed by atoms with Gasteiger partial charge in [-0.3, -0.25) is 9.69 Å². The summed E-state index contributed by atoms with van der Waals surface area (Å²) in [5.41, 5.74) is 1.69. The Hall–Kier alpha value is -2.85. The Labute approximate surface area is 159 Å². The van der Waals surface area contributed by atoms with Crippen LogP contribution in [0.3, 0.4) is 0 Å². The smallest absolute Gasteiger partial charge is 0.257 e. The van der Waals surface area contributed by atoms with E-state index in [1.807, 2.05) is 35.2 Å². The summed E-state index contributed by atoms with van der Waals surface area (Å²) in [6.07, 6.45) is 0.937. The molecule has 0 spiro atoms. The van der Waals surface area contributed by atoms with Crippen LogP contribution < -0.4 is 0 Å². The number of aromatic hydroxyl groups is 1. The Balaban J connectivity index is 1.47. The number of rotatable bonds is 3. The van der Waals surface area contributed by atoms with Crippen LogP contribution in [-0.4, -0.2) is 47.0 Å². The van der Waals surface area contributed by atoms with E-state index in [4.69, 9.17) is 0 Å². The molecule has 4 rings (SSSR count). The SMILES string of the molecule is O=C(c1cc2ccccc2cc1O)N1CCCN(Cc2ccccc2)CC1. The third-order valence-corrected chi connectivity index (χ3v) is 5.22. The summed E-state index contributed by atoms with van der Waals surface area (Å²) in [6.45, 7) is 4.12. The number of benzene rings is 3. The first kappa shape index (κ1) is 17.6. The average Bonchev–Trinajstić information content (AvgIpc) is 2.93. The zero-order chi connectivity index (χ0) is 18.6. The van der Waals surface area contributed by atoms with Crippen molar-refractivity contribution < 1.29 is 9.90 Å². The largest absolute Gasteiger partial charge is 0.507 e. The lowest BCUT2D eigenvalue weighted by Crippen LogP contribution is -2.35. The second-order valence-electron chi connectivity index (χ2n) is 7.12. The highest BCUT2D eigenvalue weighted by Gasteiger charge is 2.22. The van der Waals surface area contributed by atoms with Crippen LogP contribution in [0.4, 0.5) is 0 Å². The van der Waals surface area contributed by atoms with Crippen molar-refractivity contribution in [2.24, 2.45) is 0 Å². The van der Waals surface area contributed by atoms with Crippen molar-refractivity contribution in [3.8, 4) is 5.75 Å². The summed E-state index contributed by atoms with van der Waals surface area (Å²) in [7, 11) is 0. The fourth-order valence-corrected chi connectivity index (χ4v) is 3.74. The van der Waals surface area contributed by atoms with Crippen molar-refractivity contribution in [1.82, 2.24) is 9.80 Å². The lowest BCUT2D eigenvalue weighted by Gasteiger charge is -2.22. The molecule has 4 nitrogen and oxygen atoms in total. The number of fused-ring (bicyclic) bond motifs is 1. The molecule has 1 saturated heterocycles. The molecule has 4 heteroatoms. The second-order valence-corrected chi connectivity index (χ2v) is 7.12. The number of carbonyl (C=O) groups excluding carboxylic acids is 1. The van der Waals surface area contributed by atoms with E-state index in [0.717, 1.165) is 43.4 Å². The maximum absolute atomic E-state index is 13.0. The van der Waals surface area contributed by atoms with Gasteiger partial charge in [0, 0.05) is 32.7 Å². The summed E-state index contributed by atoms with van der Waals surface area (Å²) < 4.78 is 0. The van der Waals surface area contributed by atoms with Crippen LogP contribution in [0.15, 0.2) is 66.7 Å². The lowest BCUT2D eigenvalue weighted by molar-refractivity contribution is 0.0758. The third-order valence-electron chi connectivity index (χ3n) is 5.22. The number of hydrogen-bond donors (Lipinski definition) is 1. The molecule has 1 N–H and O–H groups in total. The number of carbonyl (C=O) groups is 1. The van der Waals surface area contributed by atoms with Crippen molar-refractivity contribution in [3.63, 3.8) is 0 Å². The Bertz CT molecular complexity index is 940. The Morgan fingerprint density at radius 1 is 0.852 bits per heavy atom. The van der Waals surface area contributed by atoms with Crippen LogP contribution in [0.5, 0.6) is 5.75 Å². The molecule has 0 saturated carbocycles. The number of hydrogen-bond acceptors (Lipinski definition) is 3. The molecule has 1 heterocycles. The fraction of sp³-hybridized carbons (Fsp3) is 0.261. The van der Waals surface area contributed by atoms with Gasteiger partial charge in [0.1, 0.15) is 5.75 Å². The van der Waals surface area contributed by atoms with Crippen LogP contribution in [0, 0.1) is 0 Å². The van der Waals surface area contributed by atoms with E-state index in [1.54, 1.807) is 12.1 Å². The molecule has 0 aliphatic carbocycles. The summed E-state index contributed by atoms with van der Waals surface area (Å²) in [4.78, 5) is 17.3. The number of phenols is 1. The van der Waals surface area contributed by atoms with Crippen molar-refractivity contribution in [1.29, 1.82) is 0 Å². The normalized spacial score (nSPS) is 15.6. The zero-order valence-corrected chi connectivity index (χ0v) is 15.3. The van der Waals surface area contributed by atoms with Crippen LogP contribution in [0.25, 0.3) is 10.8 Å². The summed E-state index contributed by atoms with van der Waals surface area (Å²) in [5, 5.41) is 12.3. The highest BCUT2D eigenvalue weighted by molar-refractivity contribution is 6.01. The molecule has 1 amide bonds. The van der Waals surface area contributed by atoms with Crippen LogP contribution in [-0.2, 0) is 6.54 Å². The number of nitrogens with zero attached hydrogens (tertiary/aromatic N) is 2. The quantitative estimate of drug-likeness (QED) is 0.771. The lowest BCUT2D eigenvalue weighted by atomic mass is 10.0. The Morgan fingerprint density at radius 2 is 1.56 bits per heavy atom.